The third kappa shape index (κ3) is 3.44. The van der Waals surface area contributed by atoms with Crippen LogP contribution in [0.4, 0.5) is 0 Å². The molecule has 1 aliphatic rings. The quantitative estimate of drug-likeness (QED) is 0.698. The van der Waals surface area contributed by atoms with Gasteiger partial charge in [-0.15, -0.1) is 0 Å². The van der Waals surface area contributed by atoms with Crippen LogP contribution in [0.25, 0.3) is 5.65 Å². The predicted molar refractivity (Wildman–Crippen MR) is 106 cm³/mol. The minimum atomic E-state index is -0.301. The minimum Gasteiger partial charge on any atom is -0.335 e. The highest BCUT2D eigenvalue weighted by molar-refractivity contribution is 5.94. The summed E-state index contributed by atoms with van der Waals surface area (Å²) in [5, 5.41) is 0. The molecule has 3 aromatic rings. The van der Waals surface area contributed by atoms with Crippen molar-refractivity contribution in [3.8, 4) is 0 Å². The molecule has 1 aliphatic heterocycles. The number of fused-ring (bicyclic) bond motifs is 1. The monoisotopic (exact) mass is 379 g/mol. The SMILES string of the molecule is Cc1ccn2c(=O)c(C(=O)N3CCCC[C@H]3CCn3ccnc3C)cnc2c1. The molecule has 4 heterocycles. The topological polar surface area (TPSA) is 72.5 Å². The molecule has 1 atom stereocenters. The Kier molecular flexibility index (Phi) is 4.98. The van der Waals surface area contributed by atoms with Crippen LogP contribution in [0.3, 0.4) is 0 Å². The van der Waals surface area contributed by atoms with Gasteiger partial charge in [-0.25, -0.2) is 9.97 Å². The van der Waals surface area contributed by atoms with Crippen molar-refractivity contribution in [1.29, 1.82) is 0 Å². The van der Waals surface area contributed by atoms with E-state index in [2.05, 4.69) is 14.5 Å². The first kappa shape index (κ1) is 18.4. The van der Waals surface area contributed by atoms with Gasteiger partial charge in [0.2, 0.25) is 0 Å². The number of likely N-dealkylation sites (tertiary alicyclic amines) is 1. The van der Waals surface area contributed by atoms with E-state index >= 15 is 0 Å². The van der Waals surface area contributed by atoms with Gasteiger partial charge >= 0.3 is 0 Å². The molecule has 0 spiro atoms. The molecule has 0 radical (unpaired) electrons. The lowest BCUT2D eigenvalue weighted by Gasteiger charge is -2.36. The van der Waals surface area contributed by atoms with E-state index in [-0.39, 0.29) is 23.1 Å². The first-order valence-electron chi connectivity index (χ1n) is 9.81. The third-order valence-corrected chi connectivity index (χ3v) is 5.61. The highest BCUT2D eigenvalue weighted by atomic mass is 16.2. The van der Waals surface area contributed by atoms with Crippen LogP contribution in [0.15, 0.2) is 41.7 Å². The number of aromatic nitrogens is 4. The van der Waals surface area contributed by atoms with Crippen molar-refractivity contribution in [3.05, 3.63) is 64.2 Å². The molecule has 146 valence electrons. The molecule has 1 saturated heterocycles. The Hall–Kier alpha value is -2.96. The lowest BCUT2D eigenvalue weighted by Crippen LogP contribution is -2.46. The number of amides is 1. The minimum absolute atomic E-state index is 0.126. The summed E-state index contributed by atoms with van der Waals surface area (Å²) in [6, 6.07) is 3.81. The van der Waals surface area contributed by atoms with E-state index in [1.54, 1.807) is 12.4 Å². The number of aryl methyl sites for hydroxylation is 3. The normalized spacial score (nSPS) is 17.2. The van der Waals surface area contributed by atoms with Crippen LogP contribution in [0.1, 0.15) is 47.4 Å². The first-order valence-corrected chi connectivity index (χ1v) is 9.81. The van der Waals surface area contributed by atoms with E-state index in [4.69, 9.17) is 0 Å². The van der Waals surface area contributed by atoms with Gasteiger partial charge in [0, 0.05) is 43.9 Å². The van der Waals surface area contributed by atoms with Crippen LogP contribution in [0, 0.1) is 13.8 Å². The maximum atomic E-state index is 13.2. The summed E-state index contributed by atoms with van der Waals surface area (Å²) in [6.45, 7) is 5.43. The Morgan fingerprint density at radius 2 is 2.07 bits per heavy atom. The lowest BCUT2D eigenvalue weighted by atomic mass is 9.98. The van der Waals surface area contributed by atoms with Crippen molar-refractivity contribution in [2.75, 3.05) is 6.54 Å². The third-order valence-electron chi connectivity index (χ3n) is 5.61. The van der Waals surface area contributed by atoms with Crippen LogP contribution < -0.4 is 5.56 Å². The second-order valence-corrected chi connectivity index (χ2v) is 7.51. The molecule has 0 N–H and O–H groups in total. The summed E-state index contributed by atoms with van der Waals surface area (Å²) >= 11 is 0. The maximum absolute atomic E-state index is 13.2. The van der Waals surface area contributed by atoms with Gasteiger partial charge in [0.1, 0.15) is 17.0 Å². The number of piperidine rings is 1. The molecule has 0 aliphatic carbocycles. The molecule has 7 nitrogen and oxygen atoms in total. The van der Waals surface area contributed by atoms with Crippen molar-refractivity contribution in [2.24, 2.45) is 0 Å². The average Bonchev–Trinajstić information content (AvgIpc) is 3.11. The molecule has 4 rings (SSSR count). The maximum Gasteiger partial charge on any atom is 0.270 e. The molecular formula is C21H25N5O2. The number of nitrogens with zero attached hydrogens (tertiary/aromatic N) is 5. The van der Waals surface area contributed by atoms with E-state index < -0.39 is 0 Å². The van der Waals surface area contributed by atoms with Gasteiger partial charge in [-0.2, -0.15) is 0 Å². The fraction of sp³-hybridized carbons (Fsp3) is 0.429. The van der Waals surface area contributed by atoms with E-state index in [0.29, 0.717) is 12.2 Å². The molecule has 28 heavy (non-hydrogen) atoms. The van der Waals surface area contributed by atoms with Gasteiger partial charge in [0.05, 0.1) is 0 Å². The molecule has 0 aromatic carbocycles. The number of carbonyl (C=O) groups excluding carboxylic acids is 1. The summed E-state index contributed by atoms with van der Waals surface area (Å²) in [6.07, 6.45) is 10.8. The fourth-order valence-electron chi connectivity index (χ4n) is 3.97. The Bertz CT molecular complexity index is 1070. The van der Waals surface area contributed by atoms with E-state index in [1.807, 2.05) is 37.1 Å². The van der Waals surface area contributed by atoms with Gasteiger partial charge in [0.25, 0.3) is 11.5 Å². The Morgan fingerprint density at radius 3 is 2.86 bits per heavy atom. The smallest absolute Gasteiger partial charge is 0.270 e. The summed E-state index contributed by atoms with van der Waals surface area (Å²) < 4.78 is 3.56. The van der Waals surface area contributed by atoms with Crippen molar-refractivity contribution < 1.29 is 4.79 Å². The molecule has 1 fully saturated rings. The largest absolute Gasteiger partial charge is 0.335 e. The zero-order chi connectivity index (χ0) is 19.7. The highest BCUT2D eigenvalue weighted by Crippen LogP contribution is 2.22. The lowest BCUT2D eigenvalue weighted by molar-refractivity contribution is 0.0593. The van der Waals surface area contributed by atoms with Crippen LogP contribution in [0.2, 0.25) is 0 Å². The molecule has 3 aromatic heterocycles. The molecular weight excluding hydrogens is 354 g/mol. The zero-order valence-electron chi connectivity index (χ0n) is 16.3. The Labute approximate surface area is 163 Å². The first-order chi connectivity index (χ1) is 13.5. The van der Waals surface area contributed by atoms with Crippen molar-refractivity contribution in [3.63, 3.8) is 0 Å². The second-order valence-electron chi connectivity index (χ2n) is 7.51. The van der Waals surface area contributed by atoms with Gasteiger partial charge in [-0.3, -0.25) is 14.0 Å². The average molecular weight is 379 g/mol. The van der Waals surface area contributed by atoms with E-state index in [0.717, 1.165) is 43.6 Å². The summed E-state index contributed by atoms with van der Waals surface area (Å²) in [5.41, 5.74) is 1.43. The zero-order valence-corrected chi connectivity index (χ0v) is 16.3. The Balaban J connectivity index is 1.59. The number of pyridine rings is 1. The van der Waals surface area contributed by atoms with Crippen LogP contribution in [0.5, 0.6) is 0 Å². The molecule has 0 bridgehead atoms. The molecule has 0 saturated carbocycles. The fourth-order valence-corrected chi connectivity index (χ4v) is 3.97. The summed E-state index contributed by atoms with van der Waals surface area (Å²) in [7, 11) is 0. The van der Waals surface area contributed by atoms with E-state index in [9.17, 15) is 9.59 Å². The second kappa shape index (κ2) is 7.58. The van der Waals surface area contributed by atoms with E-state index in [1.165, 1.54) is 10.6 Å². The molecule has 0 unspecified atom stereocenters. The van der Waals surface area contributed by atoms with Crippen LogP contribution in [-0.4, -0.2) is 42.3 Å². The van der Waals surface area contributed by atoms with Gasteiger partial charge in [0.15, 0.2) is 0 Å². The summed E-state index contributed by atoms with van der Waals surface area (Å²) in [4.78, 5) is 36.6. The number of hydrogen-bond acceptors (Lipinski definition) is 4. The van der Waals surface area contributed by atoms with Gasteiger partial charge in [-0.05, 0) is 57.2 Å². The van der Waals surface area contributed by atoms with Crippen LogP contribution >= 0.6 is 0 Å². The number of hydrogen-bond donors (Lipinski definition) is 0. The van der Waals surface area contributed by atoms with Gasteiger partial charge in [-0.1, -0.05) is 0 Å². The van der Waals surface area contributed by atoms with Crippen molar-refractivity contribution >= 4 is 11.6 Å². The van der Waals surface area contributed by atoms with Gasteiger partial charge < -0.3 is 9.47 Å². The Morgan fingerprint density at radius 1 is 1.21 bits per heavy atom. The predicted octanol–water partition coefficient (Wildman–Crippen LogP) is 2.59. The standard InChI is InChI=1S/C21H25N5O2/c1-15-6-11-26-19(13-15)23-14-18(21(26)28)20(27)25-9-4-3-5-17(25)7-10-24-12-8-22-16(24)2/h6,8,11-14,17H,3-5,7,9-10H2,1-2H3/t17-/m0/s1. The summed E-state index contributed by atoms with van der Waals surface area (Å²) in [5.74, 6) is 0.764. The number of rotatable bonds is 4. The van der Waals surface area contributed by atoms with Crippen LogP contribution in [-0.2, 0) is 6.54 Å². The molecule has 1 amide bonds. The van der Waals surface area contributed by atoms with Crippen molar-refractivity contribution in [1.82, 2.24) is 23.8 Å². The molecule has 7 heteroatoms. The van der Waals surface area contributed by atoms with Crippen molar-refractivity contribution in [2.45, 2.75) is 52.1 Å². The number of carbonyl (C=O) groups is 1. The number of imidazole rings is 1. The highest BCUT2D eigenvalue weighted by Gasteiger charge is 2.29.